The Morgan fingerprint density at radius 1 is 1.50 bits per heavy atom. The van der Waals surface area contributed by atoms with Crippen molar-refractivity contribution in [2.24, 2.45) is 5.16 Å². The summed E-state index contributed by atoms with van der Waals surface area (Å²) in [6.45, 7) is 6.79. The van der Waals surface area contributed by atoms with Crippen molar-refractivity contribution in [3.63, 3.8) is 0 Å². The lowest BCUT2D eigenvalue weighted by Crippen LogP contribution is -2.17. The van der Waals surface area contributed by atoms with Gasteiger partial charge in [-0.3, -0.25) is 4.79 Å². The highest BCUT2D eigenvalue weighted by Crippen LogP contribution is 2.28. The van der Waals surface area contributed by atoms with Crippen LogP contribution in [0.25, 0.3) is 0 Å². The molecule has 0 bridgehead atoms. The Labute approximate surface area is 131 Å². The van der Waals surface area contributed by atoms with E-state index in [2.05, 4.69) is 24.0 Å². The standard InChI is InChI=1S/C17H22N2O3/c1-3-5-6-10-22-19-15-9-11-21-16-12-13(7-8-14(15)16)18-17(20)4-2/h4,7-8,12H,2-3,5-6,9-11H2,1H3,(H,18,20). The summed E-state index contributed by atoms with van der Waals surface area (Å²) in [5.74, 6) is 0.466. The van der Waals surface area contributed by atoms with Crippen molar-refractivity contribution in [1.29, 1.82) is 0 Å². The Morgan fingerprint density at radius 3 is 3.14 bits per heavy atom. The fourth-order valence-corrected chi connectivity index (χ4v) is 2.18. The number of nitrogens with one attached hydrogen (secondary N) is 1. The molecule has 1 aromatic rings. The van der Waals surface area contributed by atoms with Gasteiger partial charge in [-0.25, -0.2) is 0 Å². The van der Waals surface area contributed by atoms with E-state index in [-0.39, 0.29) is 5.91 Å². The average Bonchev–Trinajstić information content (AvgIpc) is 2.54. The van der Waals surface area contributed by atoms with Crippen molar-refractivity contribution < 1.29 is 14.4 Å². The van der Waals surface area contributed by atoms with Gasteiger partial charge in [-0.05, 0) is 24.6 Å². The molecule has 0 radical (unpaired) electrons. The van der Waals surface area contributed by atoms with Crippen LogP contribution in [0.3, 0.4) is 0 Å². The minimum Gasteiger partial charge on any atom is -0.492 e. The van der Waals surface area contributed by atoms with Gasteiger partial charge in [0, 0.05) is 23.7 Å². The van der Waals surface area contributed by atoms with Crippen LogP contribution in [-0.4, -0.2) is 24.8 Å². The molecule has 1 N–H and O–H groups in total. The molecule has 0 saturated heterocycles. The fraction of sp³-hybridized carbons (Fsp3) is 0.412. The van der Waals surface area contributed by atoms with Crippen molar-refractivity contribution >= 4 is 17.3 Å². The molecule has 0 unspecified atom stereocenters. The zero-order valence-corrected chi connectivity index (χ0v) is 12.9. The maximum Gasteiger partial charge on any atom is 0.247 e. The molecule has 22 heavy (non-hydrogen) atoms. The lowest BCUT2D eigenvalue weighted by molar-refractivity contribution is -0.111. The van der Waals surface area contributed by atoms with E-state index in [0.29, 0.717) is 24.7 Å². The Morgan fingerprint density at radius 2 is 2.36 bits per heavy atom. The van der Waals surface area contributed by atoms with Gasteiger partial charge in [0.15, 0.2) is 0 Å². The van der Waals surface area contributed by atoms with Gasteiger partial charge in [0.05, 0.1) is 12.3 Å². The maximum absolute atomic E-state index is 11.3. The zero-order valence-electron chi connectivity index (χ0n) is 12.9. The summed E-state index contributed by atoms with van der Waals surface area (Å²) in [7, 11) is 0. The number of anilines is 1. The molecule has 0 aliphatic carbocycles. The molecule has 1 aromatic carbocycles. The van der Waals surface area contributed by atoms with E-state index < -0.39 is 0 Å². The molecule has 118 valence electrons. The summed E-state index contributed by atoms with van der Waals surface area (Å²) in [4.78, 5) is 16.7. The van der Waals surface area contributed by atoms with Crippen LogP contribution in [0.2, 0.25) is 0 Å². The monoisotopic (exact) mass is 302 g/mol. The second-order valence-corrected chi connectivity index (χ2v) is 5.08. The molecule has 5 nitrogen and oxygen atoms in total. The van der Waals surface area contributed by atoms with E-state index in [1.165, 1.54) is 6.08 Å². The number of rotatable bonds is 7. The van der Waals surface area contributed by atoms with Crippen LogP contribution in [-0.2, 0) is 9.63 Å². The Balaban J connectivity index is 2.05. The predicted molar refractivity (Wildman–Crippen MR) is 87.4 cm³/mol. The highest BCUT2D eigenvalue weighted by atomic mass is 16.6. The molecule has 1 aliphatic heterocycles. The van der Waals surface area contributed by atoms with E-state index >= 15 is 0 Å². The molecule has 0 spiro atoms. The summed E-state index contributed by atoms with van der Waals surface area (Å²) in [5.41, 5.74) is 2.48. The van der Waals surface area contributed by atoms with E-state index in [0.717, 1.165) is 37.0 Å². The van der Waals surface area contributed by atoms with Crippen molar-refractivity contribution in [2.45, 2.75) is 32.6 Å². The van der Waals surface area contributed by atoms with Gasteiger partial charge >= 0.3 is 0 Å². The molecule has 0 aromatic heterocycles. The number of nitrogens with zero attached hydrogens (tertiary/aromatic N) is 1. The Hall–Kier alpha value is -2.30. The third kappa shape index (κ3) is 4.35. The predicted octanol–water partition coefficient (Wildman–Crippen LogP) is 3.50. The van der Waals surface area contributed by atoms with Crippen LogP contribution in [0.5, 0.6) is 5.75 Å². The second-order valence-electron chi connectivity index (χ2n) is 5.08. The Kier molecular flexibility index (Phi) is 6.01. The normalized spacial score (nSPS) is 14.9. The molecule has 2 rings (SSSR count). The van der Waals surface area contributed by atoms with Crippen molar-refractivity contribution in [3.8, 4) is 5.75 Å². The SMILES string of the molecule is C=CC(=O)Nc1ccc2c(c1)OCCC2=NOCCCCC. The average molecular weight is 302 g/mol. The second kappa shape index (κ2) is 8.22. The van der Waals surface area contributed by atoms with E-state index in [1.54, 1.807) is 6.07 Å². The maximum atomic E-state index is 11.3. The quantitative estimate of drug-likeness (QED) is 0.476. The summed E-state index contributed by atoms with van der Waals surface area (Å²) in [6.07, 6.45) is 5.28. The van der Waals surface area contributed by atoms with Crippen molar-refractivity contribution in [3.05, 3.63) is 36.4 Å². The van der Waals surface area contributed by atoms with Crippen LogP contribution >= 0.6 is 0 Å². The number of benzene rings is 1. The topological polar surface area (TPSA) is 59.9 Å². The minimum absolute atomic E-state index is 0.246. The highest BCUT2D eigenvalue weighted by Gasteiger charge is 2.18. The summed E-state index contributed by atoms with van der Waals surface area (Å²) in [6, 6.07) is 5.51. The molecular weight excluding hydrogens is 280 g/mol. The minimum atomic E-state index is -0.246. The first-order valence-electron chi connectivity index (χ1n) is 7.64. The van der Waals surface area contributed by atoms with Gasteiger partial charge in [0.25, 0.3) is 0 Å². The third-order valence-corrected chi connectivity index (χ3v) is 3.36. The highest BCUT2D eigenvalue weighted by molar-refractivity contribution is 6.04. The van der Waals surface area contributed by atoms with Crippen LogP contribution in [0.4, 0.5) is 5.69 Å². The molecule has 5 heteroatoms. The number of carbonyl (C=O) groups excluding carboxylic acids is 1. The first-order valence-corrected chi connectivity index (χ1v) is 7.64. The number of oxime groups is 1. The number of carbonyl (C=O) groups is 1. The van der Waals surface area contributed by atoms with Gasteiger partial charge in [-0.1, -0.05) is 31.5 Å². The van der Waals surface area contributed by atoms with Crippen molar-refractivity contribution in [2.75, 3.05) is 18.5 Å². The third-order valence-electron chi connectivity index (χ3n) is 3.36. The first kappa shape index (κ1) is 16.1. The van der Waals surface area contributed by atoms with Gasteiger partial charge in [-0.15, -0.1) is 0 Å². The zero-order chi connectivity index (χ0) is 15.8. The van der Waals surface area contributed by atoms with Crippen LogP contribution in [0, 0.1) is 0 Å². The van der Waals surface area contributed by atoms with Crippen LogP contribution in [0.15, 0.2) is 36.0 Å². The van der Waals surface area contributed by atoms with Crippen LogP contribution in [0.1, 0.15) is 38.2 Å². The molecule has 0 fully saturated rings. The first-order chi connectivity index (χ1) is 10.7. The number of ether oxygens (including phenoxy) is 1. The van der Waals surface area contributed by atoms with Gasteiger partial charge in [0.1, 0.15) is 12.4 Å². The van der Waals surface area contributed by atoms with E-state index in [4.69, 9.17) is 9.57 Å². The lowest BCUT2D eigenvalue weighted by Gasteiger charge is -2.19. The largest absolute Gasteiger partial charge is 0.492 e. The Bertz CT molecular complexity index is 567. The van der Waals surface area contributed by atoms with E-state index in [1.807, 2.05) is 12.1 Å². The molecule has 1 aliphatic rings. The number of amides is 1. The number of fused-ring (bicyclic) bond motifs is 1. The van der Waals surface area contributed by atoms with Gasteiger partial charge in [0.2, 0.25) is 5.91 Å². The number of hydrogen-bond acceptors (Lipinski definition) is 4. The lowest BCUT2D eigenvalue weighted by atomic mass is 10.0. The smallest absolute Gasteiger partial charge is 0.247 e. The summed E-state index contributed by atoms with van der Waals surface area (Å²) in [5, 5.41) is 6.95. The van der Waals surface area contributed by atoms with Crippen molar-refractivity contribution in [1.82, 2.24) is 0 Å². The molecule has 0 saturated carbocycles. The van der Waals surface area contributed by atoms with E-state index in [9.17, 15) is 4.79 Å². The summed E-state index contributed by atoms with van der Waals surface area (Å²) < 4.78 is 5.64. The van der Waals surface area contributed by atoms with Gasteiger partial charge < -0.3 is 14.9 Å². The molecule has 1 heterocycles. The number of hydrogen-bond donors (Lipinski definition) is 1. The number of unbranched alkanes of at least 4 members (excludes halogenated alkanes) is 2. The van der Waals surface area contributed by atoms with Gasteiger partial charge in [-0.2, -0.15) is 0 Å². The molecule has 1 amide bonds. The fourth-order valence-electron chi connectivity index (χ4n) is 2.18. The van der Waals surface area contributed by atoms with Crippen LogP contribution < -0.4 is 10.1 Å². The molecule has 0 atom stereocenters. The summed E-state index contributed by atoms with van der Waals surface area (Å²) >= 11 is 0. The molecular formula is C17H22N2O3.